The molecule has 1 atom stereocenters. The third kappa shape index (κ3) is 3.98. The molecule has 1 saturated heterocycles. The van der Waals surface area contributed by atoms with Gasteiger partial charge in [-0.25, -0.2) is 0 Å². The number of aliphatic carboxylic acids is 1. The summed E-state index contributed by atoms with van der Waals surface area (Å²) in [6, 6.07) is -0.549. The van der Waals surface area contributed by atoms with Crippen LogP contribution in [0.15, 0.2) is 0 Å². The van der Waals surface area contributed by atoms with Crippen LogP contribution in [0.3, 0.4) is 0 Å². The van der Waals surface area contributed by atoms with Crippen LogP contribution < -0.4 is 0 Å². The van der Waals surface area contributed by atoms with Gasteiger partial charge in [-0.05, 0) is 13.5 Å². The Bertz CT molecular complexity index is 281. The zero-order chi connectivity index (χ0) is 12.8. The van der Waals surface area contributed by atoms with Crippen LogP contribution in [0.2, 0.25) is 0 Å². The van der Waals surface area contributed by atoms with Crippen LogP contribution >= 0.6 is 0 Å². The first-order valence-corrected chi connectivity index (χ1v) is 5.76. The smallest absolute Gasteiger partial charge is 0.305 e. The average molecular weight is 244 g/mol. The summed E-state index contributed by atoms with van der Waals surface area (Å²) in [5.74, 6) is -1.05. The number of hydrogen-bond donors (Lipinski definition) is 1. The molecule has 1 heterocycles. The van der Waals surface area contributed by atoms with Gasteiger partial charge in [0.2, 0.25) is 5.91 Å². The number of hydrogen-bond acceptors (Lipinski definition) is 4. The number of carboxylic acids is 1. The Kier molecular flexibility index (Phi) is 5.37. The molecule has 6 heteroatoms. The summed E-state index contributed by atoms with van der Waals surface area (Å²) in [7, 11) is 3.38. The molecule has 98 valence electrons. The molecule has 0 bridgehead atoms. The third-order valence-electron chi connectivity index (χ3n) is 3.00. The van der Waals surface area contributed by atoms with Gasteiger partial charge in [0, 0.05) is 26.7 Å². The van der Waals surface area contributed by atoms with Crippen molar-refractivity contribution < 1.29 is 19.4 Å². The molecule has 1 amide bonds. The zero-order valence-electron chi connectivity index (χ0n) is 10.4. The molecule has 0 aromatic heterocycles. The first-order chi connectivity index (χ1) is 8.06. The predicted molar refractivity (Wildman–Crippen MR) is 61.7 cm³/mol. The maximum atomic E-state index is 12.2. The molecule has 1 aliphatic heterocycles. The third-order valence-corrected chi connectivity index (χ3v) is 3.00. The molecule has 6 nitrogen and oxygen atoms in total. The van der Waals surface area contributed by atoms with Crippen molar-refractivity contribution in [1.29, 1.82) is 0 Å². The Morgan fingerprint density at radius 3 is 2.82 bits per heavy atom. The highest BCUT2D eigenvalue weighted by Crippen LogP contribution is 2.12. The van der Waals surface area contributed by atoms with Gasteiger partial charge in [-0.1, -0.05) is 0 Å². The van der Waals surface area contributed by atoms with Crippen molar-refractivity contribution in [2.45, 2.75) is 18.9 Å². The summed E-state index contributed by atoms with van der Waals surface area (Å²) in [5.41, 5.74) is 0. The minimum Gasteiger partial charge on any atom is -0.481 e. The van der Waals surface area contributed by atoms with Crippen LogP contribution in [-0.2, 0) is 14.3 Å². The lowest BCUT2D eigenvalue weighted by atomic mass is 10.1. The number of carboxylic acid groups (broad SMARTS) is 1. The molecule has 0 saturated carbocycles. The van der Waals surface area contributed by atoms with Crippen LogP contribution in [0.4, 0.5) is 0 Å². The number of likely N-dealkylation sites (N-methyl/N-ethyl adjacent to an activating group) is 1. The Hall–Kier alpha value is -1.14. The largest absolute Gasteiger partial charge is 0.481 e. The van der Waals surface area contributed by atoms with Gasteiger partial charge in [-0.15, -0.1) is 0 Å². The quantitative estimate of drug-likeness (QED) is 0.715. The Morgan fingerprint density at radius 1 is 1.53 bits per heavy atom. The van der Waals surface area contributed by atoms with Gasteiger partial charge in [0.15, 0.2) is 0 Å². The number of rotatable bonds is 5. The summed E-state index contributed by atoms with van der Waals surface area (Å²) in [6.07, 6.45) is 0.723. The topological polar surface area (TPSA) is 70.1 Å². The summed E-state index contributed by atoms with van der Waals surface area (Å²) >= 11 is 0. The molecule has 1 fully saturated rings. The van der Waals surface area contributed by atoms with E-state index in [1.165, 1.54) is 0 Å². The number of carbonyl (C=O) groups excluding carboxylic acids is 1. The van der Waals surface area contributed by atoms with Crippen LogP contribution in [0, 0.1) is 0 Å². The van der Waals surface area contributed by atoms with Crippen LogP contribution in [0.25, 0.3) is 0 Å². The first kappa shape index (κ1) is 13.9. The van der Waals surface area contributed by atoms with Crippen molar-refractivity contribution in [2.24, 2.45) is 0 Å². The van der Waals surface area contributed by atoms with E-state index in [-0.39, 0.29) is 12.3 Å². The van der Waals surface area contributed by atoms with Gasteiger partial charge < -0.3 is 14.7 Å². The van der Waals surface area contributed by atoms with Crippen molar-refractivity contribution in [2.75, 3.05) is 40.4 Å². The molecular weight excluding hydrogens is 224 g/mol. The molecule has 0 aromatic rings. The van der Waals surface area contributed by atoms with E-state index in [4.69, 9.17) is 9.84 Å². The van der Waals surface area contributed by atoms with Gasteiger partial charge in [-0.2, -0.15) is 0 Å². The Balaban J connectivity index is 2.69. The number of carbonyl (C=O) groups is 2. The van der Waals surface area contributed by atoms with Gasteiger partial charge in [0.25, 0.3) is 0 Å². The number of ether oxygens (including phenoxy) is 1. The van der Waals surface area contributed by atoms with Gasteiger partial charge in [0.1, 0.15) is 0 Å². The lowest BCUT2D eigenvalue weighted by molar-refractivity contribution is -0.144. The molecular formula is C11H20N2O4. The molecule has 0 aliphatic carbocycles. The summed E-state index contributed by atoms with van der Waals surface area (Å²) in [4.78, 5) is 26.4. The van der Waals surface area contributed by atoms with E-state index >= 15 is 0 Å². The van der Waals surface area contributed by atoms with E-state index in [1.54, 1.807) is 19.1 Å². The number of amides is 1. The molecule has 0 aromatic carbocycles. The van der Waals surface area contributed by atoms with E-state index < -0.39 is 12.0 Å². The SMILES string of the molecule is COCCN1CCCN(C)C(CC(=O)O)C1=O. The summed E-state index contributed by atoms with van der Waals surface area (Å²) in [6.45, 7) is 2.42. The molecule has 1 N–H and O–H groups in total. The van der Waals surface area contributed by atoms with Crippen molar-refractivity contribution in [3.8, 4) is 0 Å². The van der Waals surface area contributed by atoms with Crippen LogP contribution in [0.1, 0.15) is 12.8 Å². The molecule has 0 radical (unpaired) electrons. The van der Waals surface area contributed by atoms with E-state index in [9.17, 15) is 9.59 Å². The van der Waals surface area contributed by atoms with E-state index in [2.05, 4.69) is 0 Å². The van der Waals surface area contributed by atoms with Gasteiger partial charge in [0.05, 0.1) is 19.1 Å². The second-order valence-corrected chi connectivity index (χ2v) is 4.27. The maximum Gasteiger partial charge on any atom is 0.305 e. The predicted octanol–water partition coefficient (Wildman–Crippen LogP) is -0.360. The Labute approximate surface area is 101 Å². The van der Waals surface area contributed by atoms with E-state index in [1.807, 2.05) is 4.90 Å². The van der Waals surface area contributed by atoms with Crippen LogP contribution in [-0.4, -0.2) is 73.2 Å². The lowest BCUT2D eigenvalue weighted by Crippen LogP contribution is -2.46. The zero-order valence-corrected chi connectivity index (χ0v) is 10.4. The van der Waals surface area contributed by atoms with Crippen molar-refractivity contribution in [1.82, 2.24) is 9.80 Å². The van der Waals surface area contributed by atoms with Crippen LogP contribution in [0.5, 0.6) is 0 Å². The van der Waals surface area contributed by atoms with E-state index in [0.29, 0.717) is 19.7 Å². The minimum absolute atomic E-state index is 0.107. The standard InChI is InChI=1S/C11H20N2O4/c1-12-4-3-5-13(6-7-17-2)11(16)9(12)8-10(14)15/h9H,3-8H2,1-2H3,(H,14,15). The summed E-state index contributed by atoms with van der Waals surface area (Å²) < 4.78 is 4.95. The van der Waals surface area contributed by atoms with Gasteiger partial charge in [-0.3, -0.25) is 14.5 Å². The molecule has 1 unspecified atom stereocenters. The highest BCUT2D eigenvalue weighted by Gasteiger charge is 2.31. The fraction of sp³-hybridized carbons (Fsp3) is 0.818. The number of nitrogens with zero attached hydrogens (tertiary/aromatic N) is 2. The second kappa shape index (κ2) is 6.56. The maximum absolute atomic E-state index is 12.2. The van der Waals surface area contributed by atoms with Crippen molar-refractivity contribution >= 4 is 11.9 Å². The normalized spacial score (nSPS) is 22.6. The average Bonchev–Trinajstić information content (AvgIpc) is 2.39. The van der Waals surface area contributed by atoms with Crippen molar-refractivity contribution in [3.05, 3.63) is 0 Å². The summed E-state index contributed by atoms with van der Waals surface area (Å²) in [5, 5.41) is 8.83. The molecule has 0 spiro atoms. The highest BCUT2D eigenvalue weighted by molar-refractivity contribution is 5.86. The van der Waals surface area contributed by atoms with E-state index in [0.717, 1.165) is 13.0 Å². The lowest BCUT2D eigenvalue weighted by Gasteiger charge is -2.26. The molecule has 1 aliphatic rings. The number of methoxy groups -OCH3 is 1. The first-order valence-electron chi connectivity index (χ1n) is 5.76. The molecule has 1 rings (SSSR count). The van der Waals surface area contributed by atoms with Gasteiger partial charge >= 0.3 is 5.97 Å². The fourth-order valence-electron chi connectivity index (χ4n) is 2.01. The monoisotopic (exact) mass is 244 g/mol. The fourth-order valence-corrected chi connectivity index (χ4v) is 2.01. The Morgan fingerprint density at radius 2 is 2.24 bits per heavy atom. The highest BCUT2D eigenvalue weighted by atomic mass is 16.5. The van der Waals surface area contributed by atoms with Crippen molar-refractivity contribution in [3.63, 3.8) is 0 Å². The molecule has 17 heavy (non-hydrogen) atoms. The minimum atomic E-state index is -0.941. The second-order valence-electron chi connectivity index (χ2n) is 4.27.